The molecule has 0 radical (unpaired) electrons. The van der Waals surface area contributed by atoms with Gasteiger partial charge in [-0.25, -0.2) is 0 Å². The first kappa shape index (κ1) is 15.8. The van der Waals surface area contributed by atoms with Gasteiger partial charge < -0.3 is 5.32 Å². The molecule has 3 aliphatic rings. The highest BCUT2D eigenvalue weighted by molar-refractivity contribution is 4.89. The molecule has 0 spiro atoms. The van der Waals surface area contributed by atoms with Crippen molar-refractivity contribution in [3.63, 3.8) is 0 Å². The molecule has 3 fully saturated rings. The van der Waals surface area contributed by atoms with Crippen LogP contribution in [0.3, 0.4) is 0 Å². The molecule has 1 N–H and O–H groups in total. The number of likely N-dealkylation sites (tertiary alicyclic amines) is 1. The molecule has 1 saturated heterocycles. The molecule has 2 saturated carbocycles. The lowest BCUT2D eigenvalue weighted by atomic mass is 9.86. The Morgan fingerprint density at radius 1 is 0.810 bits per heavy atom. The van der Waals surface area contributed by atoms with Crippen molar-refractivity contribution >= 4 is 0 Å². The average Bonchev–Trinajstić information content (AvgIpc) is 2.56. The van der Waals surface area contributed by atoms with Gasteiger partial charge in [-0.3, -0.25) is 4.90 Å². The standard InChI is InChI=1S/C19H36N2/c1-2-16-13-18(20-17-9-5-3-6-10-17)15-21(14-16)19-11-7-4-8-12-19/h16-20H,2-15H2,1H3. The first-order chi connectivity index (χ1) is 10.3. The van der Waals surface area contributed by atoms with Gasteiger partial charge in [0, 0.05) is 31.2 Å². The third kappa shape index (κ3) is 4.45. The fourth-order valence-electron chi connectivity index (χ4n) is 5.00. The quantitative estimate of drug-likeness (QED) is 0.829. The summed E-state index contributed by atoms with van der Waals surface area (Å²) in [6.07, 6.45) is 17.4. The van der Waals surface area contributed by atoms with E-state index in [4.69, 9.17) is 0 Å². The van der Waals surface area contributed by atoms with Crippen LogP contribution in [-0.4, -0.2) is 36.1 Å². The van der Waals surface area contributed by atoms with E-state index in [0.717, 1.165) is 24.0 Å². The molecule has 2 unspecified atom stereocenters. The van der Waals surface area contributed by atoms with Crippen molar-refractivity contribution in [3.05, 3.63) is 0 Å². The molecule has 0 amide bonds. The van der Waals surface area contributed by atoms with Crippen LogP contribution in [0.25, 0.3) is 0 Å². The normalized spacial score (nSPS) is 34.1. The van der Waals surface area contributed by atoms with Gasteiger partial charge in [0.05, 0.1) is 0 Å². The van der Waals surface area contributed by atoms with E-state index in [1.807, 2.05) is 0 Å². The second kappa shape index (κ2) is 7.97. The van der Waals surface area contributed by atoms with E-state index < -0.39 is 0 Å². The summed E-state index contributed by atoms with van der Waals surface area (Å²) in [5.74, 6) is 0.932. The highest BCUT2D eigenvalue weighted by Crippen LogP contribution is 2.29. The predicted molar refractivity (Wildman–Crippen MR) is 90.6 cm³/mol. The minimum atomic E-state index is 0.772. The van der Waals surface area contributed by atoms with Crippen molar-refractivity contribution in [1.82, 2.24) is 10.2 Å². The third-order valence-corrected chi connectivity index (χ3v) is 6.31. The first-order valence-corrected chi connectivity index (χ1v) is 9.85. The maximum Gasteiger partial charge on any atom is 0.0200 e. The van der Waals surface area contributed by atoms with Gasteiger partial charge in [-0.05, 0) is 38.0 Å². The summed E-state index contributed by atoms with van der Waals surface area (Å²) >= 11 is 0. The van der Waals surface area contributed by atoms with E-state index in [2.05, 4.69) is 17.1 Å². The molecule has 2 heteroatoms. The van der Waals surface area contributed by atoms with Crippen LogP contribution < -0.4 is 5.32 Å². The summed E-state index contributed by atoms with van der Waals surface area (Å²) in [4.78, 5) is 2.87. The molecule has 0 aromatic heterocycles. The number of piperidine rings is 1. The molecule has 0 aromatic rings. The van der Waals surface area contributed by atoms with E-state index in [1.54, 1.807) is 0 Å². The van der Waals surface area contributed by atoms with Gasteiger partial charge in [-0.1, -0.05) is 51.9 Å². The number of nitrogens with one attached hydrogen (secondary N) is 1. The summed E-state index contributed by atoms with van der Waals surface area (Å²) in [5, 5.41) is 4.05. The summed E-state index contributed by atoms with van der Waals surface area (Å²) in [6, 6.07) is 2.50. The maximum atomic E-state index is 4.05. The monoisotopic (exact) mass is 292 g/mol. The zero-order valence-corrected chi connectivity index (χ0v) is 14.2. The Morgan fingerprint density at radius 2 is 1.48 bits per heavy atom. The maximum absolute atomic E-state index is 4.05. The Kier molecular flexibility index (Phi) is 5.99. The van der Waals surface area contributed by atoms with Crippen molar-refractivity contribution in [2.24, 2.45) is 5.92 Å². The van der Waals surface area contributed by atoms with Gasteiger partial charge in [0.1, 0.15) is 0 Å². The Bertz CT molecular complexity index is 292. The van der Waals surface area contributed by atoms with Gasteiger partial charge in [0.2, 0.25) is 0 Å². The second-order valence-electron chi connectivity index (χ2n) is 7.95. The number of nitrogens with zero attached hydrogens (tertiary/aromatic N) is 1. The Balaban J connectivity index is 1.55. The highest BCUT2D eigenvalue weighted by Gasteiger charge is 2.32. The molecule has 2 aliphatic carbocycles. The van der Waals surface area contributed by atoms with Crippen molar-refractivity contribution in [1.29, 1.82) is 0 Å². The fourth-order valence-corrected chi connectivity index (χ4v) is 5.00. The van der Waals surface area contributed by atoms with Crippen molar-refractivity contribution in [3.8, 4) is 0 Å². The molecule has 1 heterocycles. The lowest BCUT2D eigenvalue weighted by Gasteiger charge is -2.44. The Labute approximate surface area is 132 Å². The third-order valence-electron chi connectivity index (χ3n) is 6.31. The smallest absolute Gasteiger partial charge is 0.0200 e. The van der Waals surface area contributed by atoms with Crippen molar-refractivity contribution in [2.45, 2.75) is 102 Å². The van der Waals surface area contributed by atoms with Crippen LogP contribution in [0.15, 0.2) is 0 Å². The molecule has 2 nitrogen and oxygen atoms in total. The van der Waals surface area contributed by atoms with E-state index in [-0.39, 0.29) is 0 Å². The van der Waals surface area contributed by atoms with Crippen LogP contribution in [0, 0.1) is 5.92 Å². The molecule has 0 bridgehead atoms. The van der Waals surface area contributed by atoms with E-state index in [1.165, 1.54) is 90.1 Å². The predicted octanol–water partition coefficient (Wildman–Crippen LogP) is 4.34. The van der Waals surface area contributed by atoms with Crippen molar-refractivity contribution < 1.29 is 0 Å². The Hall–Kier alpha value is -0.0800. The number of hydrogen-bond acceptors (Lipinski definition) is 2. The van der Waals surface area contributed by atoms with Crippen LogP contribution in [-0.2, 0) is 0 Å². The van der Waals surface area contributed by atoms with Gasteiger partial charge in [0.25, 0.3) is 0 Å². The van der Waals surface area contributed by atoms with E-state index in [0.29, 0.717) is 0 Å². The van der Waals surface area contributed by atoms with Crippen LogP contribution in [0.4, 0.5) is 0 Å². The van der Waals surface area contributed by atoms with Crippen LogP contribution in [0.5, 0.6) is 0 Å². The van der Waals surface area contributed by atoms with Gasteiger partial charge >= 0.3 is 0 Å². The number of rotatable bonds is 4. The molecule has 122 valence electrons. The number of hydrogen-bond donors (Lipinski definition) is 1. The summed E-state index contributed by atoms with van der Waals surface area (Å²) < 4.78 is 0. The molecular weight excluding hydrogens is 256 g/mol. The van der Waals surface area contributed by atoms with E-state index >= 15 is 0 Å². The highest BCUT2D eigenvalue weighted by atomic mass is 15.2. The van der Waals surface area contributed by atoms with Crippen LogP contribution >= 0.6 is 0 Å². The largest absolute Gasteiger partial charge is 0.310 e. The average molecular weight is 293 g/mol. The van der Waals surface area contributed by atoms with Gasteiger partial charge in [-0.15, -0.1) is 0 Å². The minimum Gasteiger partial charge on any atom is -0.310 e. The zero-order valence-electron chi connectivity index (χ0n) is 14.2. The topological polar surface area (TPSA) is 15.3 Å². The molecule has 2 atom stereocenters. The molecule has 1 aliphatic heterocycles. The molecule has 21 heavy (non-hydrogen) atoms. The lowest BCUT2D eigenvalue weighted by molar-refractivity contribution is 0.0709. The molecule has 0 aromatic carbocycles. The van der Waals surface area contributed by atoms with Crippen LogP contribution in [0.2, 0.25) is 0 Å². The SMILES string of the molecule is CCC1CC(NC2CCCCC2)CN(C2CCCCC2)C1. The van der Waals surface area contributed by atoms with Crippen molar-refractivity contribution in [2.75, 3.05) is 13.1 Å². The first-order valence-electron chi connectivity index (χ1n) is 9.85. The minimum absolute atomic E-state index is 0.772. The van der Waals surface area contributed by atoms with Gasteiger partial charge in [0.15, 0.2) is 0 Å². The summed E-state index contributed by atoms with van der Waals surface area (Å²) in [6.45, 7) is 5.11. The zero-order chi connectivity index (χ0) is 14.5. The second-order valence-corrected chi connectivity index (χ2v) is 7.95. The van der Waals surface area contributed by atoms with Gasteiger partial charge in [-0.2, -0.15) is 0 Å². The molecule has 3 rings (SSSR count). The van der Waals surface area contributed by atoms with Crippen LogP contribution in [0.1, 0.15) is 84.0 Å². The molecular formula is C19H36N2. The fraction of sp³-hybridized carbons (Fsp3) is 1.00. The Morgan fingerprint density at radius 3 is 2.14 bits per heavy atom. The lowest BCUT2D eigenvalue weighted by Crippen LogP contribution is -2.55. The summed E-state index contributed by atoms with van der Waals surface area (Å²) in [5.41, 5.74) is 0. The summed E-state index contributed by atoms with van der Waals surface area (Å²) in [7, 11) is 0. The van der Waals surface area contributed by atoms with E-state index in [9.17, 15) is 0 Å².